The number of rotatable bonds is 6. The molecule has 2 atom stereocenters. The molecular weight excluding hydrogens is 395 g/mol. The van der Waals surface area contributed by atoms with Crippen LogP contribution in [0.25, 0.3) is 16.9 Å². The third-order valence-corrected chi connectivity index (χ3v) is 5.63. The summed E-state index contributed by atoms with van der Waals surface area (Å²) < 4.78 is 21.0. The van der Waals surface area contributed by atoms with Crippen LogP contribution in [-0.2, 0) is 16.0 Å². The highest BCUT2D eigenvalue weighted by Crippen LogP contribution is 2.34. The molecule has 1 aromatic heterocycles. The van der Waals surface area contributed by atoms with Crippen molar-refractivity contribution in [2.24, 2.45) is 0 Å². The van der Waals surface area contributed by atoms with Crippen LogP contribution < -0.4 is 0 Å². The third kappa shape index (κ3) is 4.69. The van der Waals surface area contributed by atoms with Crippen LogP contribution in [0, 0.1) is 5.82 Å². The molecule has 1 aliphatic rings. The zero-order valence-electron chi connectivity index (χ0n) is 17.8. The van der Waals surface area contributed by atoms with E-state index in [4.69, 9.17) is 9.84 Å². The molecule has 6 heteroatoms. The van der Waals surface area contributed by atoms with Crippen LogP contribution in [0.2, 0.25) is 0 Å². The van der Waals surface area contributed by atoms with Crippen molar-refractivity contribution in [1.82, 2.24) is 9.78 Å². The Bertz CT molecular complexity index is 1040. The molecule has 0 amide bonds. The molecule has 2 aromatic carbocycles. The molecule has 1 fully saturated rings. The summed E-state index contributed by atoms with van der Waals surface area (Å²) in [6.45, 7) is 4.19. The molecule has 0 saturated carbocycles. The highest BCUT2D eigenvalue weighted by Gasteiger charge is 2.29. The average molecular weight is 423 g/mol. The van der Waals surface area contributed by atoms with E-state index in [9.17, 15) is 14.3 Å². The largest absolute Gasteiger partial charge is 0.462 e. The van der Waals surface area contributed by atoms with Crippen LogP contribution in [0.3, 0.4) is 0 Å². The maximum atomic E-state index is 13.6. The number of aliphatic hydroxyl groups is 1. The average Bonchev–Trinajstić information content (AvgIpc) is 3.12. The number of halogens is 1. The van der Waals surface area contributed by atoms with E-state index in [2.05, 4.69) is 13.8 Å². The lowest BCUT2D eigenvalue weighted by Crippen LogP contribution is -2.32. The molecular formula is C25H27FN2O3. The van der Waals surface area contributed by atoms with Gasteiger partial charge in [-0.3, -0.25) is 4.79 Å². The summed E-state index contributed by atoms with van der Waals surface area (Å²) in [4.78, 5) is 11.7. The Kier molecular flexibility index (Phi) is 6.18. The van der Waals surface area contributed by atoms with Gasteiger partial charge < -0.3 is 9.84 Å². The van der Waals surface area contributed by atoms with Crippen LogP contribution >= 0.6 is 0 Å². The second kappa shape index (κ2) is 9.02. The Hall–Kier alpha value is -2.99. The quantitative estimate of drug-likeness (QED) is 0.580. The number of hydrogen-bond donors (Lipinski definition) is 1. The van der Waals surface area contributed by atoms with E-state index in [0.29, 0.717) is 19.3 Å². The highest BCUT2D eigenvalue weighted by molar-refractivity contribution is 5.71. The van der Waals surface area contributed by atoms with E-state index in [1.54, 1.807) is 12.1 Å². The van der Waals surface area contributed by atoms with Crippen LogP contribution in [0.4, 0.5) is 4.39 Å². The number of aliphatic hydroxyl groups excluding tert-OH is 1. The van der Waals surface area contributed by atoms with Crippen LogP contribution in [0.5, 0.6) is 0 Å². The van der Waals surface area contributed by atoms with Crippen LogP contribution in [0.1, 0.15) is 50.3 Å². The van der Waals surface area contributed by atoms with Crippen molar-refractivity contribution < 1.29 is 19.0 Å². The molecule has 2 heterocycles. The zero-order valence-corrected chi connectivity index (χ0v) is 17.8. The molecule has 1 unspecified atom stereocenters. The maximum Gasteiger partial charge on any atom is 0.308 e. The van der Waals surface area contributed by atoms with Crippen molar-refractivity contribution in [3.8, 4) is 16.9 Å². The fourth-order valence-corrected chi connectivity index (χ4v) is 4.18. The molecule has 31 heavy (non-hydrogen) atoms. The maximum absolute atomic E-state index is 13.6. The molecule has 0 bridgehead atoms. The standard InChI is InChI=1S/C25H27FN2O3/c1-16(2)24-22(13-12-21-14-20(29)15-23(30)31-21)25(17-8-10-18(26)11-9-17)28(27-24)19-6-4-3-5-7-19/h3-11,16,20-21,29H,12-15H2,1-2H3/t20-,21?/m1/s1. The number of esters is 1. The van der Waals surface area contributed by atoms with Crippen molar-refractivity contribution in [3.05, 3.63) is 71.7 Å². The van der Waals surface area contributed by atoms with E-state index in [0.717, 1.165) is 28.2 Å². The van der Waals surface area contributed by atoms with Gasteiger partial charge in [-0.15, -0.1) is 0 Å². The van der Waals surface area contributed by atoms with Gasteiger partial charge in [-0.2, -0.15) is 5.10 Å². The molecule has 1 saturated heterocycles. The molecule has 0 aliphatic carbocycles. The first kappa shape index (κ1) is 21.2. The molecule has 5 nitrogen and oxygen atoms in total. The molecule has 4 rings (SSSR count). The van der Waals surface area contributed by atoms with E-state index >= 15 is 0 Å². The summed E-state index contributed by atoms with van der Waals surface area (Å²) in [5.74, 6) is -0.464. The summed E-state index contributed by atoms with van der Waals surface area (Å²) >= 11 is 0. The fourth-order valence-electron chi connectivity index (χ4n) is 4.18. The predicted octanol–water partition coefficient (Wildman–Crippen LogP) is 4.80. The Labute approximate surface area is 181 Å². The van der Waals surface area contributed by atoms with Crippen molar-refractivity contribution in [3.63, 3.8) is 0 Å². The number of nitrogens with zero attached hydrogens (tertiary/aromatic N) is 2. The van der Waals surface area contributed by atoms with E-state index < -0.39 is 6.10 Å². The van der Waals surface area contributed by atoms with Crippen molar-refractivity contribution in [2.45, 2.75) is 57.7 Å². The first-order valence-electron chi connectivity index (χ1n) is 10.7. The third-order valence-electron chi connectivity index (χ3n) is 5.63. The number of para-hydroxylation sites is 1. The lowest BCUT2D eigenvalue weighted by Gasteiger charge is -2.26. The summed E-state index contributed by atoms with van der Waals surface area (Å²) in [6, 6.07) is 16.3. The highest BCUT2D eigenvalue weighted by atomic mass is 19.1. The van der Waals surface area contributed by atoms with Gasteiger partial charge in [0.1, 0.15) is 11.9 Å². The number of carbonyl (C=O) groups is 1. The summed E-state index contributed by atoms with van der Waals surface area (Å²) in [6.07, 6.45) is 0.758. The monoisotopic (exact) mass is 422 g/mol. The lowest BCUT2D eigenvalue weighted by atomic mass is 9.93. The number of ether oxygens (including phenoxy) is 1. The van der Waals surface area contributed by atoms with E-state index in [-0.39, 0.29) is 30.2 Å². The Balaban J connectivity index is 1.77. The molecule has 162 valence electrons. The second-order valence-electron chi connectivity index (χ2n) is 8.37. The second-order valence-corrected chi connectivity index (χ2v) is 8.37. The fraction of sp³-hybridized carbons (Fsp3) is 0.360. The van der Waals surface area contributed by atoms with Gasteiger partial charge in [0.2, 0.25) is 0 Å². The van der Waals surface area contributed by atoms with Crippen molar-refractivity contribution >= 4 is 5.97 Å². The van der Waals surface area contributed by atoms with Gasteiger partial charge in [0.05, 0.1) is 29.6 Å². The molecule has 1 N–H and O–H groups in total. The van der Waals surface area contributed by atoms with Gasteiger partial charge in [0, 0.05) is 17.5 Å². The van der Waals surface area contributed by atoms with Gasteiger partial charge in [-0.25, -0.2) is 9.07 Å². The summed E-state index contributed by atoms with van der Waals surface area (Å²) in [5, 5.41) is 14.9. The van der Waals surface area contributed by atoms with Gasteiger partial charge in [0.25, 0.3) is 0 Å². The minimum Gasteiger partial charge on any atom is -0.462 e. The number of carbonyl (C=O) groups excluding carboxylic acids is 1. The zero-order chi connectivity index (χ0) is 22.0. The predicted molar refractivity (Wildman–Crippen MR) is 116 cm³/mol. The van der Waals surface area contributed by atoms with Crippen LogP contribution in [0.15, 0.2) is 54.6 Å². The van der Waals surface area contributed by atoms with E-state index in [1.165, 1.54) is 12.1 Å². The first-order chi connectivity index (χ1) is 14.9. The summed E-state index contributed by atoms with van der Waals surface area (Å²) in [5.41, 5.74) is 4.74. The molecule has 1 aliphatic heterocycles. The van der Waals surface area contributed by atoms with Crippen molar-refractivity contribution in [2.75, 3.05) is 0 Å². The smallest absolute Gasteiger partial charge is 0.308 e. The van der Waals surface area contributed by atoms with Gasteiger partial charge in [-0.1, -0.05) is 32.0 Å². The molecule has 3 aromatic rings. The molecule has 0 radical (unpaired) electrons. The van der Waals surface area contributed by atoms with Crippen LogP contribution in [-0.4, -0.2) is 33.1 Å². The SMILES string of the molecule is CC(C)c1nn(-c2ccccc2)c(-c2ccc(F)cc2)c1CCC1C[C@@H](O)CC(=O)O1. The normalized spacial score (nSPS) is 18.9. The number of aromatic nitrogens is 2. The number of hydrogen-bond acceptors (Lipinski definition) is 4. The van der Waals surface area contributed by atoms with Gasteiger partial charge in [-0.05, 0) is 55.2 Å². The number of cyclic esters (lactones) is 1. The van der Waals surface area contributed by atoms with Gasteiger partial charge >= 0.3 is 5.97 Å². The molecule has 0 spiro atoms. The Morgan fingerprint density at radius 2 is 1.87 bits per heavy atom. The van der Waals surface area contributed by atoms with Crippen molar-refractivity contribution in [1.29, 1.82) is 0 Å². The summed E-state index contributed by atoms with van der Waals surface area (Å²) in [7, 11) is 0. The van der Waals surface area contributed by atoms with Gasteiger partial charge in [0.15, 0.2) is 0 Å². The number of benzene rings is 2. The minimum absolute atomic E-state index is 0.0561. The minimum atomic E-state index is -0.653. The Morgan fingerprint density at radius 3 is 2.52 bits per heavy atom. The first-order valence-corrected chi connectivity index (χ1v) is 10.7. The Morgan fingerprint density at radius 1 is 1.16 bits per heavy atom. The lowest BCUT2D eigenvalue weighted by molar-refractivity contribution is -0.160. The topological polar surface area (TPSA) is 64.3 Å². The van der Waals surface area contributed by atoms with E-state index in [1.807, 2.05) is 35.0 Å².